The van der Waals surface area contributed by atoms with E-state index in [0.717, 1.165) is 31.9 Å². The molecule has 0 spiro atoms. The SMILES string of the molecule is CN1CCN(c2ccc(NC(=O)c3ccnc(-n4ccnc4)c3)cc2)CC1. The quantitative estimate of drug-likeness (QED) is 0.771. The van der Waals surface area contributed by atoms with Crippen LogP contribution in [0.5, 0.6) is 0 Å². The van der Waals surface area contributed by atoms with Crippen molar-refractivity contribution in [1.82, 2.24) is 19.4 Å². The van der Waals surface area contributed by atoms with Gasteiger partial charge in [0.25, 0.3) is 5.91 Å². The molecule has 138 valence electrons. The first-order valence-electron chi connectivity index (χ1n) is 8.98. The number of hydrogen-bond donors (Lipinski definition) is 1. The first kappa shape index (κ1) is 17.2. The number of carbonyl (C=O) groups is 1. The summed E-state index contributed by atoms with van der Waals surface area (Å²) in [5.74, 6) is 0.497. The largest absolute Gasteiger partial charge is 0.369 e. The van der Waals surface area contributed by atoms with Crippen LogP contribution in [-0.4, -0.2) is 58.6 Å². The lowest BCUT2D eigenvalue weighted by atomic mass is 10.2. The number of aromatic nitrogens is 3. The van der Waals surface area contributed by atoms with Crippen LogP contribution in [0.1, 0.15) is 10.4 Å². The van der Waals surface area contributed by atoms with Gasteiger partial charge in [0.15, 0.2) is 0 Å². The highest BCUT2D eigenvalue weighted by Gasteiger charge is 2.14. The van der Waals surface area contributed by atoms with Gasteiger partial charge in [-0.1, -0.05) is 0 Å². The number of nitrogens with zero attached hydrogens (tertiary/aromatic N) is 5. The molecule has 1 aliphatic heterocycles. The average molecular weight is 362 g/mol. The van der Waals surface area contributed by atoms with Crippen LogP contribution < -0.4 is 10.2 Å². The number of amides is 1. The first-order valence-corrected chi connectivity index (χ1v) is 8.98. The summed E-state index contributed by atoms with van der Waals surface area (Å²) < 4.78 is 1.77. The fraction of sp³-hybridized carbons (Fsp3) is 0.250. The normalized spacial score (nSPS) is 14.9. The molecule has 0 saturated carbocycles. The van der Waals surface area contributed by atoms with Gasteiger partial charge in [-0.15, -0.1) is 0 Å². The van der Waals surface area contributed by atoms with E-state index in [1.165, 1.54) is 5.69 Å². The Balaban J connectivity index is 1.43. The molecule has 7 nitrogen and oxygen atoms in total. The van der Waals surface area contributed by atoms with Crippen LogP contribution in [0.2, 0.25) is 0 Å². The second-order valence-electron chi connectivity index (χ2n) is 6.66. The van der Waals surface area contributed by atoms with Gasteiger partial charge in [0.05, 0.1) is 0 Å². The minimum atomic E-state index is -0.161. The number of hydrogen-bond acceptors (Lipinski definition) is 5. The molecule has 0 radical (unpaired) electrons. The molecular formula is C20H22N6O. The third-order valence-electron chi connectivity index (χ3n) is 4.77. The first-order chi connectivity index (χ1) is 13.2. The van der Waals surface area contributed by atoms with Crippen molar-refractivity contribution < 1.29 is 4.79 Å². The molecular weight excluding hydrogens is 340 g/mol. The molecule has 4 rings (SSSR count). The van der Waals surface area contributed by atoms with Gasteiger partial charge in [-0.05, 0) is 43.4 Å². The van der Waals surface area contributed by atoms with Gasteiger partial charge < -0.3 is 15.1 Å². The van der Waals surface area contributed by atoms with Crippen molar-refractivity contribution in [1.29, 1.82) is 0 Å². The molecule has 0 bridgehead atoms. The molecule has 0 atom stereocenters. The second kappa shape index (κ2) is 7.59. The average Bonchev–Trinajstić information content (AvgIpc) is 3.24. The maximum Gasteiger partial charge on any atom is 0.255 e. The van der Waals surface area contributed by atoms with Crippen molar-refractivity contribution in [2.75, 3.05) is 43.4 Å². The maximum absolute atomic E-state index is 12.6. The molecule has 1 aliphatic rings. The maximum atomic E-state index is 12.6. The molecule has 3 heterocycles. The van der Waals surface area contributed by atoms with E-state index in [0.29, 0.717) is 11.4 Å². The molecule has 1 aromatic carbocycles. The molecule has 27 heavy (non-hydrogen) atoms. The number of rotatable bonds is 4. The number of likely N-dealkylation sites (N-methyl/N-ethyl adjacent to an activating group) is 1. The fourth-order valence-electron chi connectivity index (χ4n) is 3.12. The smallest absolute Gasteiger partial charge is 0.255 e. The van der Waals surface area contributed by atoms with Gasteiger partial charge >= 0.3 is 0 Å². The monoisotopic (exact) mass is 362 g/mol. The standard InChI is InChI=1S/C20H22N6O/c1-24-10-12-25(13-11-24)18-4-2-17(3-5-18)23-20(27)16-6-7-22-19(14-16)26-9-8-21-15-26/h2-9,14-15H,10-13H2,1H3,(H,23,27). The number of imidazole rings is 1. The van der Waals surface area contributed by atoms with E-state index in [-0.39, 0.29) is 5.91 Å². The Kier molecular flexibility index (Phi) is 4.84. The Hall–Kier alpha value is -3.19. The summed E-state index contributed by atoms with van der Waals surface area (Å²) in [6.07, 6.45) is 6.75. The Bertz CT molecular complexity index is 898. The van der Waals surface area contributed by atoms with E-state index in [1.807, 2.05) is 12.1 Å². The summed E-state index contributed by atoms with van der Waals surface area (Å²) in [5.41, 5.74) is 2.52. The summed E-state index contributed by atoms with van der Waals surface area (Å²) in [6.45, 7) is 4.19. The number of pyridine rings is 1. The third-order valence-corrected chi connectivity index (χ3v) is 4.77. The highest BCUT2D eigenvalue weighted by molar-refractivity contribution is 6.04. The lowest BCUT2D eigenvalue weighted by molar-refractivity contribution is 0.102. The predicted octanol–water partition coefficient (Wildman–Crippen LogP) is 2.27. The molecule has 3 aromatic rings. The topological polar surface area (TPSA) is 66.3 Å². The van der Waals surface area contributed by atoms with Crippen LogP contribution in [0.25, 0.3) is 5.82 Å². The van der Waals surface area contributed by atoms with Gasteiger partial charge in [0.1, 0.15) is 12.1 Å². The summed E-state index contributed by atoms with van der Waals surface area (Å²) in [7, 11) is 2.15. The van der Waals surface area contributed by atoms with Crippen LogP contribution in [0.4, 0.5) is 11.4 Å². The van der Waals surface area contributed by atoms with E-state index in [2.05, 4.69) is 44.3 Å². The van der Waals surface area contributed by atoms with E-state index in [1.54, 1.807) is 41.6 Å². The highest BCUT2D eigenvalue weighted by atomic mass is 16.1. The summed E-state index contributed by atoms with van der Waals surface area (Å²) in [5, 5.41) is 2.95. The zero-order chi connectivity index (χ0) is 18.6. The molecule has 1 saturated heterocycles. The van der Waals surface area contributed by atoms with E-state index in [4.69, 9.17) is 0 Å². The van der Waals surface area contributed by atoms with Gasteiger partial charge in [-0.2, -0.15) is 0 Å². The van der Waals surface area contributed by atoms with Crippen LogP contribution in [0, 0.1) is 0 Å². The van der Waals surface area contributed by atoms with Crippen molar-refractivity contribution in [3.8, 4) is 5.82 Å². The lowest BCUT2D eigenvalue weighted by Gasteiger charge is -2.34. The molecule has 2 aromatic heterocycles. The Morgan fingerprint density at radius 1 is 1.04 bits per heavy atom. The van der Waals surface area contributed by atoms with Crippen molar-refractivity contribution in [3.05, 3.63) is 66.9 Å². The molecule has 1 fully saturated rings. The van der Waals surface area contributed by atoms with Gasteiger partial charge in [-0.3, -0.25) is 9.36 Å². The van der Waals surface area contributed by atoms with Crippen molar-refractivity contribution in [2.45, 2.75) is 0 Å². The summed E-state index contributed by atoms with van der Waals surface area (Å²) >= 11 is 0. The lowest BCUT2D eigenvalue weighted by Crippen LogP contribution is -2.44. The summed E-state index contributed by atoms with van der Waals surface area (Å²) in [4.78, 5) is 25.6. The molecule has 0 aliphatic carbocycles. The second-order valence-corrected chi connectivity index (χ2v) is 6.66. The Morgan fingerprint density at radius 3 is 2.52 bits per heavy atom. The third kappa shape index (κ3) is 3.98. The molecule has 1 amide bonds. The Morgan fingerprint density at radius 2 is 1.81 bits per heavy atom. The summed E-state index contributed by atoms with van der Waals surface area (Å²) in [6, 6.07) is 11.5. The fourth-order valence-corrected chi connectivity index (χ4v) is 3.12. The molecule has 0 unspecified atom stereocenters. The van der Waals surface area contributed by atoms with Crippen molar-refractivity contribution in [3.63, 3.8) is 0 Å². The highest BCUT2D eigenvalue weighted by Crippen LogP contribution is 2.20. The van der Waals surface area contributed by atoms with E-state index >= 15 is 0 Å². The zero-order valence-corrected chi connectivity index (χ0v) is 15.2. The van der Waals surface area contributed by atoms with Gasteiger partial charge in [0.2, 0.25) is 0 Å². The zero-order valence-electron chi connectivity index (χ0n) is 15.2. The number of benzene rings is 1. The van der Waals surface area contributed by atoms with Crippen LogP contribution in [0.15, 0.2) is 61.3 Å². The molecule has 1 N–H and O–H groups in total. The number of piperazine rings is 1. The van der Waals surface area contributed by atoms with Gasteiger partial charge in [-0.25, -0.2) is 9.97 Å². The Labute approximate surface area is 158 Å². The molecule has 7 heteroatoms. The van der Waals surface area contributed by atoms with Crippen molar-refractivity contribution in [2.24, 2.45) is 0 Å². The van der Waals surface area contributed by atoms with Crippen LogP contribution in [-0.2, 0) is 0 Å². The van der Waals surface area contributed by atoms with Crippen molar-refractivity contribution >= 4 is 17.3 Å². The van der Waals surface area contributed by atoms with Crippen LogP contribution >= 0.6 is 0 Å². The van der Waals surface area contributed by atoms with Crippen LogP contribution in [0.3, 0.4) is 0 Å². The van der Waals surface area contributed by atoms with E-state index < -0.39 is 0 Å². The number of nitrogens with one attached hydrogen (secondary N) is 1. The minimum Gasteiger partial charge on any atom is -0.369 e. The number of anilines is 2. The predicted molar refractivity (Wildman–Crippen MR) is 105 cm³/mol. The number of carbonyl (C=O) groups excluding carboxylic acids is 1. The minimum absolute atomic E-state index is 0.161. The van der Waals surface area contributed by atoms with E-state index in [9.17, 15) is 4.79 Å². The van der Waals surface area contributed by atoms with Gasteiger partial charge in [0, 0.05) is 61.7 Å².